The Balaban J connectivity index is 1.57. The number of ether oxygens (including phenoxy) is 1. The molecule has 0 saturated heterocycles. The molecule has 0 fully saturated rings. The minimum absolute atomic E-state index is 0.150. The van der Waals surface area contributed by atoms with Crippen LogP contribution in [-0.2, 0) is 0 Å². The van der Waals surface area contributed by atoms with E-state index in [-0.39, 0.29) is 11.0 Å². The first-order chi connectivity index (χ1) is 15.3. The van der Waals surface area contributed by atoms with Gasteiger partial charge < -0.3 is 14.5 Å². The molecule has 0 aliphatic rings. The Bertz CT molecular complexity index is 1290. The Labute approximate surface area is 199 Å². The average molecular weight is 510 g/mol. The van der Waals surface area contributed by atoms with Crippen molar-refractivity contribution in [1.82, 2.24) is 10.3 Å². The van der Waals surface area contributed by atoms with Crippen LogP contribution in [0.2, 0.25) is 0 Å². The molecule has 2 N–H and O–H groups in total. The van der Waals surface area contributed by atoms with E-state index in [4.69, 9.17) is 21.4 Å². The summed E-state index contributed by atoms with van der Waals surface area (Å²) in [5.41, 5.74) is 5.65. The molecule has 0 spiro atoms. The molecule has 0 aliphatic carbocycles. The van der Waals surface area contributed by atoms with Gasteiger partial charge in [-0.1, -0.05) is 15.9 Å². The molecule has 0 aliphatic heterocycles. The highest BCUT2D eigenvalue weighted by Gasteiger charge is 2.14. The number of fused-ring (bicyclic) bond motifs is 1. The van der Waals surface area contributed by atoms with E-state index < -0.39 is 0 Å². The summed E-state index contributed by atoms with van der Waals surface area (Å²) in [4.78, 5) is 17.1. The Morgan fingerprint density at radius 1 is 1.06 bits per heavy atom. The van der Waals surface area contributed by atoms with E-state index in [0.717, 1.165) is 32.3 Å². The van der Waals surface area contributed by atoms with Crippen molar-refractivity contribution in [2.75, 3.05) is 12.4 Å². The number of carbonyl (C=O) groups is 1. The number of methoxy groups -OCH3 is 1. The van der Waals surface area contributed by atoms with Gasteiger partial charge in [-0.05, 0) is 91.8 Å². The smallest absolute Gasteiger partial charge is 0.257 e. The van der Waals surface area contributed by atoms with Gasteiger partial charge in [0.15, 0.2) is 10.7 Å². The standard InChI is InChI=1S/C24H20BrN3O3S/c1-13-10-18-21(11-14(13)2)31-23(26-18)16-6-9-20(30-3)19(12-16)27-24(32)28-22(29)15-4-7-17(25)8-5-15/h4-12H,1-3H3,(H2,27,28,29,32). The van der Waals surface area contributed by atoms with Crippen LogP contribution in [0.3, 0.4) is 0 Å². The molecular formula is C24H20BrN3O3S. The highest BCUT2D eigenvalue weighted by Crippen LogP contribution is 2.32. The van der Waals surface area contributed by atoms with Crippen molar-refractivity contribution in [3.8, 4) is 17.2 Å². The van der Waals surface area contributed by atoms with E-state index >= 15 is 0 Å². The third-order valence-electron chi connectivity index (χ3n) is 5.03. The number of rotatable bonds is 4. The number of nitrogens with zero attached hydrogens (tertiary/aromatic N) is 1. The number of thiocarbonyl (C=S) groups is 1. The molecule has 0 radical (unpaired) electrons. The van der Waals surface area contributed by atoms with Crippen molar-refractivity contribution in [3.63, 3.8) is 0 Å². The van der Waals surface area contributed by atoms with Crippen molar-refractivity contribution in [1.29, 1.82) is 0 Å². The molecule has 8 heteroatoms. The van der Waals surface area contributed by atoms with E-state index in [2.05, 4.69) is 31.5 Å². The molecule has 1 heterocycles. The van der Waals surface area contributed by atoms with Crippen LogP contribution >= 0.6 is 28.1 Å². The number of aromatic nitrogens is 1. The number of nitrogens with one attached hydrogen (secondary N) is 2. The molecule has 1 aromatic heterocycles. The summed E-state index contributed by atoms with van der Waals surface area (Å²) in [6.07, 6.45) is 0. The first-order valence-corrected chi connectivity index (χ1v) is 11.0. The second kappa shape index (κ2) is 9.10. The zero-order valence-electron chi connectivity index (χ0n) is 17.7. The number of hydrogen-bond acceptors (Lipinski definition) is 5. The van der Waals surface area contributed by atoms with Crippen LogP contribution in [0.5, 0.6) is 5.75 Å². The maximum absolute atomic E-state index is 12.4. The van der Waals surface area contributed by atoms with Crippen molar-refractivity contribution < 1.29 is 13.9 Å². The lowest BCUT2D eigenvalue weighted by Crippen LogP contribution is -2.34. The maximum atomic E-state index is 12.4. The second-order valence-corrected chi connectivity index (χ2v) is 8.58. The summed E-state index contributed by atoms with van der Waals surface area (Å²) < 4.78 is 12.3. The average Bonchev–Trinajstić information content (AvgIpc) is 3.17. The minimum atomic E-state index is -0.310. The highest BCUT2D eigenvalue weighted by atomic mass is 79.9. The van der Waals surface area contributed by atoms with Crippen LogP contribution in [-0.4, -0.2) is 23.1 Å². The van der Waals surface area contributed by atoms with Crippen LogP contribution in [0, 0.1) is 13.8 Å². The van der Waals surface area contributed by atoms with Gasteiger partial charge in [0.2, 0.25) is 5.89 Å². The zero-order chi connectivity index (χ0) is 22.8. The Morgan fingerprint density at radius 3 is 2.50 bits per heavy atom. The summed E-state index contributed by atoms with van der Waals surface area (Å²) in [5, 5.41) is 5.86. The molecule has 162 valence electrons. The van der Waals surface area contributed by atoms with E-state index in [1.807, 2.05) is 38.1 Å². The van der Waals surface area contributed by atoms with Gasteiger partial charge in [-0.15, -0.1) is 0 Å². The number of amides is 1. The topological polar surface area (TPSA) is 76.4 Å². The Hall–Kier alpha value is -3.23. The number of aryl methyl sites for hydroxylation is 2. The molecular weight excluding hydrogens is 490 g/mol. The fraction of sp³-hybridized carbons (Fsp3) is 0.125. The van der Waals surface area contributed by atoms with Gasteiger partial charge in [0, 0.05) is 15.6 Å². The normalized spacial score (nSPS) is 10.8. The lowest BCUT2D eigenvalue weighted by atomic mass is 10.1. The van der Waals surface area contributed by atoms with Gasteiger partial charge in [-0.3, -0.25) is 10.1 Å². The van der Waals surface area contributed by atoms with Crippen molar-refractivity contribution in [2.24, 2.45) is 0 Å². The zero-order valence-corrected chi connectivity index (χ0v) is 20.1. The number of halogens is 1. The number of benzene rings is 3. The van der Waals surface area contributed by atoms with Crippen LogP contribution < -0.4 is 15.4 Å². The summed E-state index contributed by atoms with van der Waals surface area (Å²) in [6.45, 7) is 4.08. The molecule has 6 nitrogen and oxygen atoms in total. The van der Waals surface area contributed by atoms with Gasteiger partial charge in [-0.25, -0.2) is 4.98 Å². The molecule has 4 rings (SSSR count). The predicted octanol–water partition coefficient (Wildman–Crippen LogP) is 6.01. The monoisotopic (exact) mass is 509 g/mol. The Kier molecular flexibility index (Phi) is 6.25. The van der Waals surface area contributed by atoms with Crippen molar-refractivity contribution in [3.05, 3.63) is 75.8 Å². The van der Waals surface area contributed by atoms with Gasteiger partial charge in [0.25, 0.3) is 5.91 Å². The minimum Gasteiger partial charge on any atom is -0.495 e. The second-order valence-electron chi connectivity index (χ2n) is 7.25. The molecule has 0 saturated carbocycles. The van der Waals surface area contributed by atoms with Gasteiger partial charge >= 0.3 is 0 Å². The van der Waals surface area contributed by atoms with E-state index in [1.165, 1.54) is 0 Å². The van der Waals surface area contributed by atoms with Crippen LogP contribution in [0.4, 0.5) is 5.69 Å². The molecule has 32 heavy (non-hydrogen) atoms. The lowest BCUT2D eigenvalue weighted by molar-refractivity contribution is 0.0977. The molecule has 4 aromatic rings. The quantitative estimate of drug-likeness (QED) is 0.328. The molecule has 3 aromatic carbocycles. The van der Waals surface area contributed by atoms with Crippen LogP contribution in [0.15, 0.2) is 63.5 Å². The summed E-state index contributed by atoms with van der Waals surface area (Å²) in [5.74, 6) is 0.743. The molecule has 1 amide bonds. The summed E-state index contributed by atoms with van der Waals surface area (Å²) in [7, 11) is 1.56. The number of oxazole rings is 1. The third-order valence-corrected chi connectivity index (χ3v) is 5.76. The number of hydrogen-bond donors (Lipinski definition) is 2. The molecule has 0 unspecified atom stereocenters. The number of carbonyl (C=O) groups excluding carboxylic acids is 1. The molecule has 0 atom stereocenters. The first kappa shape index (κ1) is 22.0. The van der Waals surface area contributed by atoms with Gasteiger partial charge in [-0.2, -0.15) is 0 Å². The van der Waals surface area contributed by atoms with Crippen LogP contribution in [0.1, 0.15) is 21.5 Å². The fourth-order valence-corrected chi connectivity index (χ4v) is 3.64. The maximum Gasteiger partial charge on any atom is 0.257 e. The van der Waals surface area contributed by atoms with E-state index in [0.29, 0.717) is 22.9 Å². The number of anilines is 1. The SMILES string of the molecule is COc1ccc(-c2nc3cc(C)c(C)cc3o2)cc1NC(=S)NC(=O)c1ccc(Br)cc1. The van der Waals surface area contributed by atoms with Crippen LogP contribution in [0.25, 0.3) is 22.6 Å². The fourth-order valence-electron chi connectivity index (χ4n) is 3.17. The summed E-state index contributed by atoms with van der Waals surface area (Å²) >= 11 is 8.69. The van der Waals surface area contributed by atoms with E-state index in [1.54, 1.807) is 37.4 Å². The highest BCUT2D eigenvalue weighted by molar-refractivity contribution is 9.10. The molecule has 0 bridgehead atoms. The first-order valence-electron chi connectivity index (χ1n) is 9.78. The lowest BCUT2D eigenvalue weighted by Gasteiger charge is -2.13. The van der Waals surface area contributed by atoms with Gasteiger partial charge in [0.05, 0.1) is 12.8 Å². The van der Waals surface area contributed by atoms with Crippen molar-refractivity contribution in [2.45, 2.75) is 13.8 Å². The van der Waals surface area contributed by atoms with Crippen molar-refractivity contribution >= 4 is 56.0 Å². The van der Waals surface area contributed by atoms with Gasteiger partial charge in [0.1, 0.15) is 11.3 Å². The third kappa shape index (κ3) is 4.66. The van der Waals surface area contributed by atoms with E-state index in [9.17, 15) is 4.79 Å². The Morgan fingerprint density at radius 2 is 1.78 bits per heavy atom. The predicted molar refractivity (Wildman–Crippen MR) is 133 cm³/mol. The summed E-state index contributed by atoms with van der Waals surface area (Å²) in [6, 6.07) is 16.5. The largest absolute Gasteiger partial charge is 0.495 e.